The quantitative estimate of drug-likeness (QED) is 0.571. The van der Waals surface area contributed by atoms with Gasteiger partial charge in [-0.2, -0.15) is 0 Å². The van der Waals surface area contributed by atoms with E-state index in [2.05, 4.69) is 4.57 Å². The van der Waals surface area contributed by atoms with Crippen molar-refractivity contribution in [1.82, 2.24) is 9.55 Å². The Hall–Kier alpha value is -2.89. The molecule has 2 N–H and O–H groups in total. The highest BCUT2D eigenvalue weighted by molar-refractivity contribution is 6.58. The Labute approximate surface area is 139 Å². The van der Waals surface area contributed by atoms with Crippen molar-refractivity contribution in [2.75, 3.05) is 0 Å². The van der Waals surface area contributed by atoms with Gasteiger partial charge >= 0.3 is 7.12 Å². The molecule has 116 valence electrons. The lowest BCUT2D eigenvalue weighted by Crippen LogP contribution is -2.29. The Bertz CT molecular complexity index is 982. The summed E-state index contributed by atoms with van der Waals surface area (Å²) < 4.78 is 2.08. The molecule has 4 rings (SSSR count). The second kappa shape index (κ2) is 5.96. The van der Waals surface area contributed by atoms with Gasteiger partial charge < -0.3 is 10.0 Å². The molecular weight excluding hydrogens is 299 g/mol. The van der Waals surface area contributed by atoms with Crippen molar-refractivity contribution >= 4 is 23.6 Å². The number of nitrogens with zero attached hydrogens (tertiary/aromatic N) is 2. The van der Waals surface area contributed by atoms with Crippen LogP contribution < -0.4 is 5.46 Å². The first-order valence-corrected chi connectivity index (χ1v) is 7.73. The topological polar surface area (TPSA) is 58.3 Å². The van der Waals surface area contributed by atoms with E-state index in [0.717, 1.165) is 28.1 Å². The number of aromatic nitrogens is 2. The number of imidazole rings is 1. The third kappa shape index (κ3) is 2.50. The summed E-state index contributed by atoms with van der Waals surface area (Å²) in [7, 11) is -1.50. The van der Waals surface area contributed by atoms with Gasteiger partial charge in [0, 0.05) is 11.3 Å². The fourth-order valence-corrected chi connectivity index (χ4v) is 2.88. The Balaban J connectivity index is 2.03. The van der Waals surface area contributed by atoms with Crippen LogP contribution >= 0.6 is 0 Å². The van der Waals surface area contributed by atoms with Crippen LogP contribution in [0.5, 0.6) is 0 Å². The molecule has 1 aromatic heterocycles. The summed E-state index contributed by atoms with van der Waals surface area (Å²) in [6.45, 7) is 0. The molecule has 0 saturated carbocycles. The SMILES string of the molecule is OB(O)c1ccc2c(c1)nc(-c1ccccc1)n2-c1ccccc1. The monoisotopic (exact) mass is 314 g/mol. The highest BCUT2D eigenvalue weighted by atomic mass is 16.4. The summed E-state index contributed by atoms with van der Waals surface area (Å²) in [5, 5.41) is 18.8. The summed E-state index contributed by atoms with van der Waals surface area (Å²) in [6.07, 6.45) is 0. The predicted molar refractivity (Wildman–Crippen MR) is 96.3 cm³/mol. The molecule has 0 fully saturated rings. The van der Waals surface area contributed by atoms with Gasteiger partial charge in [-0.15, -0.1) is 0 Å². The van der Waals surface area contributed by atoms with Gasteiger partial charge in [0.05, 0.1) is 11.0 Å². The van der Waals surface area contributed by atoms with E-state index in [1.165, 1.54) is 0 Å². The van der Waals surface area contributed by atoms with Crippen molar-refractivity contribution in [1.29, 1.82) is 0 Å². The molecule has 0 bridgehead atoms. The van der Waals surface area contributed by atoms with Gasteiger partial charge in [0.25, 0.3) is 0 Å². The zero-order valence-electron chi connectivity index (χ0n) is 12.9. The molecule has 1 heterocycles. The van der Waals surface area contributed by atoms with Crippen molar-refractivity contribution in [3.05, 3.63) is 78.9 Å². The molecule has 0 aliphatic heterocycles. The molecule has 0 atom stereocenters. The van der Waals surface area contributed by atoms with Crippen molar-refractivity contribution < 1.29 is 10.0 Å². The molecule has 0 unspecified atom stereocenters. The van der Waals surface area contributed by atoms with Crippen molar-refractivity contribution in [2.45, 2.75) is 0 Å². The maximum atomic E-state index is 9.41. The first-order valence-electron chi connectivity index (χ1n) is 7.73. The van der Waals surface area contributed by atoms with E-state index in [1.54, 1.807) is 12.1 Å². The van der Waals surface area contributed by atoms with Crippen LogP contribution in [0.2, 0.25) is 0 Å². The largest absolute Gasteiger partial charge is 0.488 e. The molecule has 0 amide bonds. The van der Waals surface area contributed by atoms with Crippen LogP contribution in [0.3, 0.4) is 0 Å². The predicted octanol–water partition coefficient (Wildman–Crippen LogP) is 2.37. The lowest BCUT2D eigenvalue weighted by molar-refractivity contribution is 0.426. The zero-order chi connectivity index (χ0) is 16.5. The first kappa shape index (κ1) is 14.7. The summed E-state index contributed by atoms with van der Waals surface area (Å²) in [5.41, 5.74) is 4.09. The van der Waals surface area contributed by atoms with Gasteiger partial charge in [0.15, 0.2) is 0 Å². The molecule has 4 aromatic rings. The second-order valence-electron chi connectivity index (χ2n) is 5.59. The van der Waals surface area contributed by atoms with Crippen LogP contribution in [0.25, 0.3) is 28.1 Å². The second-order valence-corrected chi connectivity index (χ2v) is 5.59. The van der Waals surface area contributed by atoms with E-state index < -0.39 is 7.12 Å². The van der Waals surface area contributed by atoms with Gasteiger partial charge in [-0.25, -0.2) is 4.98 Å². The third-order valence-corrected chi connectivity index (χ3v) is 4.02. The van der Waals surface area contributed by atoms with Crippen LogP contribution in [0.1, 0.15) is 0 Å². The lowest BCUT2D eigenvalue weighted by atomic mass is 9.80. The minimum atomic E-state index is -1.50. The molecule has 0 aliphatic rings. The molecular formula is C19H15BN2O2. The van der Waals surface area contributed by atoms with Crippen LogP contribution in [0, 0.1) is 0 Å². The Morgan fingerprint density at radius 1 is 0.792 bits per heavy atom. The maximum Gasteiger partial charge on any atom is 0.488 e. The maximum absolute atomic E-state index is 9.41. The number of fused-ring (bicyclic) bond motifs is 1. The van der Waals surface area contributed by atoms with Crippen LogP contribution in [0.15, 0.2) is 78.9 Å². The van der Waals surface area contributed by atoms with E-state index in [1.807, 2.05) is 66.7 Å². The fourth-order valence-electron chi connectivity index (χ4n) is 2.88. The molecule has 0 aliphatic carbocycles. The number of hydrogen-bond donors (Lipinski definition) is 2. The van der Waals surface area contributed by atoms with E-state index in [4.69, 9.17) is 4.98 Å². The number of para-hydroxylation sites is 1. The highest BCUT2D eigenvalue weighted by Crippen LogP contribution is 2.28. The molecule has 0 radical (unpaired) electrons. The highest BCUT2D eigenvalue weighted by Gasteiger charge is 2.17. The molecule has 5 heteroatoms. The van der Waals surface area contributed by atoms with Gasteiger partial charge in [-0.3, -0.25) is 4.57 Å². The summed E-state index contributed by atoms with van der Waals surface area (Å²) in [4.78, 5) is 4.74. The molecule has 24 heavy (non-hydrogen) atoms. The van der Waals surface area contributed by atoms with Gasteiger partial charge in [-0.05, 0) is 29.7 Å². The standard InChI is InChI=1S/C19H15BN2O2/c23-20(24)15-11-12-18-17(13-15)21-19(14-7-3-1-4-8-14)22(18)16-9-5-2-6-10-16/h1-13,23-24H. The number of hydrogen-bond acceptors (Lipinski definition) is 3. The number of rotatable bonds is 3. The molecule has 0 saturated heterocycles. The van der Waals surface area contributed by atoms with Gasteiger partial charge in [0.1, 0.15) is 5.82 Å². The van der Waals surface area contributed by atoms with Crippen LogP contribution in [-0.4, -0.2) is 26.7 Å². The van der Waals surface area contributed by atoms with Gasteiger partial charge in [-0.1, -0.05) is 54.6 Å². The smallest absolute Gasteiger partial charge is 0.423 e. The lowest BCUT2D eigenvalue weighted by Gasteiger charge is -2.09. The Kier molecular flexibility index (Phi) is 3.65. The first-order chi connectivity index (χ1) is 11.7. The molecule has 3 aromatic carbocycles. The van der Waals surface area contributed by atoms with Crippen LogP contribution in [-0.2, 0) is 0 Å². The normalized spacial score (nSPS) is 10.9. The van der Waals surface area contributed by atoms with E-state index in [0.29, 0.717) is 5.46 Å². The minimum Gasteiger partial charge on any atom is -0.423 e. The van der Waals surface area contributed by atoms with E-state index in [9.17, 15) is 10.0 Å². The van der Waals surface area contributed by atoms with Crippen molar-refractivity contribution in [2.24, 2.45) is 0 Å². The summed E-state index contributed by atoms with van der Waals surface area (Å²) in [6, 6.07) is 25.3. The van der Waals surface area contributed by atoms with E-state index >= 15 is 0 Å². The minimum absolute atomic E-state index is 0.430. The Morgan fingerprint density at radius 2 is 1.46 bits per heavy atom. The zero-order valence-corrected chi connectivity index (χ0v) is 12.9. The summed E-state index contributed by atoms with van der Waals surface area (Å²) in [5.74, 6) is 0.821. The fraction of sp³-hybridized carbons (Fsp3) is 0. The average molecular weight is 314 g/mol. The van der Waals surface area contributed by atoms with Crippen LogP contribution in [0.4, 0.5) is 0 Å². The Morgan fingerprint density at radius 3 is 2.12 bits per heavy atom. The molecule has 4 nitrogen and oxygen atoms in total. The van der Waals surface area contributed by atoms with Crippen molar-refractivity contribution in [3.63, 3.8) is 0 Å². The third-order valence-electron chi connectivity index (χ3n) is 4.02. The number of benzene rings is 3. The van der Waals surface area contributed by atoms with Crippen molar-refractivity contribution in [3.8, 4) is 17.1 Å². The molecule has 0 spiro atoms. The van der Waals surface area contributed by atoms with E-state index in [-0.39, 0.29) is 0 Å². The average Bonchev–Trinajstić information content (AvgIpc) is 3.01. The van der Waals surface area contributed by atoms with Gasteiger partial charge in [0.2, 0.25) is 0 Å². The summed E-state index contributed by atoms with van der Waals surface area (Å²) >= 11 is 0.